The third-order valence-corrected chi connectivity index (χ3v) is 4.09. The lowest BCUT2D eigenvalue weighted by atomic mass is 9.96. The summed E-state index contributed by atoms with van der Waals surface area (Å²) in [4.78, 5) is 13.6. The zero-order chi connectivity index (χ0) is 15.8. The van der Waals surface area contributed by atoms with E-state index in [9.17, 15) is 18.0 Å². The summed E-state index contributed by atoms with van der Waals surface area (Å²) in [5.41, 5.74) is 4.29. The quantitative estimate of drug-likeness (QED) is 0.913. The van der Waals surface area contributed by atoms with Gasteiger partial charge in [-0.1, -0.05) is 24.3 Å². The van der Waals surface area contributed by atoms with Crippen molar-refractivity contribution in [1.29, 1.82) is 0 Å². The lowest BCUT2D eigenvalue weighted by Crippen LogP contribution is -2.62. The van der Waals surface area contributed by atoms with E-state index in [-0.39, 0.29) is 6.04 Å². The van der Waals surface area contributed by atoms with E-state index in [1.807, 2.05) is 31.2 Å². The van der Waals surface area contributed by atoms with Gasteiger partial charge in [0, 0.05) is 6.54 Å². The molecule has 21 heavy (non-hydrogen) atoms. The van der Waals surface area contributed by atoms with Crippen molar-refractivity contribution in [3.63, 3.8) is 0 Å². The number of hydrogen-bond donors (Lipinski definition) is 1. The molecule has 2 rings (SSSR count). The maximum Gasteiger partial charge on any atom is 0.415 e. The summed E-state index contributed by atoms with van der Waals surface area (Å²) in [5.74, 6) is -1.05. The number of aryl methyl sites for hydroxylation is 1. The van der Waals surface area contributed by atoms with Gasteiger partial charge >= 0.3 is 6.18 Å². The lowest BCUT2D eigenvalue weighted by Gasteiger charge is -2.34. The highest BCUT2D eigenvalue weighted by Crippen LogP contribution is 2.38. The van der Waals surface area contributed by atoms with Gasteiger partial charge in [-0.3, -0.25) is 4.79 Å². The molecule has 0 bridgehead atoms. The third kappa shape index (κ3) is 2.77. The van der Waals surface area contributed by atoms with Crippen LogP contribution in [-0.2, 0) is 4.79 Å². The first-order chi connectivity index (χ1) is 9.66. The van der Waals surface area contributed by atoms with Crippen molar-refractivity contribution in [3.05, 3.63) is 35.4 Å². The van der Waals surface area contributed by atoms with E-state index in [1.54, 1.807) is 0 Å². The van der Waals surface area contributed by atoms with Gasteiger partial charge in [-0.05, 0) is 37.8 Å². The Morgan fingerprint density at radius 1 is 1.33 bits per heavy atom. The van der Waals surface area contributed by atoms with Crippen LogP contribution < -0.4 is 5.73 Å². The topological polar surface area (TPSA) is 46.3 Å². The molecule has 116 valence electrons. The fraction of sp³-hybridized carbons (Fsp3) is 0.533. The summed E-state index contributed by atoms with van der Waals surface area (Å²) in [5, 5.41) is 0. The molecular weight excluding hydrogens is 281 g/mol. The van der Waals surface area contributed by atoms with Gasteiger partial charge in [-0.25, -0.2) is 0 Å². The Balaban J connectivity index is 2.32. The molecule has 1 saturated heterocycles. The Bertz CT molecular complexity index is 540. The molecule has 1 aliphatic heterocycles. The second-order valence-electron chi connectivity index (χ2n) is 5.71. The molecule has 0 radical (unpaired) electrons. The zero-order valence-corrected chi connectivity index (χ0v) is 12.1. The highest BCUT2D eigenvalue weighted by molar-refractivity contribution is 5.87. The molecule has 1 aromatic rings. The molecule has 1 fully saturated rings. The fourth-order valence-corrected chi connectivity index (χ4v) is 2.71. The summed E-state index contributed by atoms with van der Waals surface area (Å²) in [6.45, 7) is 2.94. The molecule has 0 saturated carbocycles. The second kappa shape index (κ2) is 5.33. The van der Waals surface area contributed by atoms with Crippen LogP contribution >= 0.6 is 0 Å². The molecule has 2 unspecified atom stereocenters. The lowest BCUT2D eigenvalue weighted by molar-refractivity contribution is -0.194. The van der Waals surface area contributed by atoms with E-state index < -0.39 is 17.6 Å². The molecule has 1 amide bonds. The monoisotopic (exact) mass is 300 g/mol. The van der Waals surface area contributed by atoms with Gasteiger partial charge in [0.25, 0.3) is 5.91 Å². The van der Waals surface area contributed by atoms with Crippen LogP contribution in [0.2, 0.25) is 0 Å². The molecule has 2 N–H and O–H groups in total. The van der Waals surface area contributed by atoms with Crippen LogP contribution in [-0.4, -0.2) is 29.1 Å². The number of alkyl halides is 3. The van der Waals surface area contributed by atoms with E-state index in [0.29, 0.717) is 19.4 Å². The number of carbonyl (C=O) groups excluding carboxylic acids is 1. The number of nitrogens with zero attached hydrogens (tertiary/aromatic N) is 1. The van der Waals surface area contributed by atoms with Crippen molar-refractivity contribution in [2.75, 3.05) is 6.54 Å². The third-order valence-electron chi connectivity index (χ3n) is 4.09. The predicted molar refractivity (Wildman–Crippen MR) is 73.5 cm³/mol. The van der Waals surface area contributed by atoms with Crippen molar-refractivity contribution in [2.45, 2.75) is 44.4 Å². The highest BCUT2D eigenvalue weighted by Gasteiger charge is 2.56. The molecule has 3 nitrogen and oxygen atoms in total. The second-order valence-corrected chi connectivity index (χ2v) is 5.71. The van der Waals surface area contributed by atoms with Gasteiger partial charge in [-0.2, -0.15) is 13.2 Å². The SMILES string of the molecule is Cc1ccccc1C1CCCN1C(=O)C(C)(N)C(F)(F)F. The first-order valence-corrected chi connectivity index (χ1v) is 6.88. The summed E-state index contributed by atoms with van der Waals surface area (Å²) in [6, 6.07) is 7.11. The van der Waals surface area contributed by atoms with Crippen LogP contribution in [0.25, 0.3) is 0 Å². The van der Waals surface area contributed by atoms with Crippen molar-refractivity contribution in [1.82, 2.24) is 4.90 Å². The number of benzene rings is 1. The van der Waals surface area contributed by atoms with E-state index in [2.05, 4.69) is 0 Å². The standard InChI is InChI=1S/C15H19F3N2O/c1-10-6-3-4-7-11(10)12-8-5-9-20(12)13(21)14(2,19)15(16,17)18/h3-4,6-7,12H,5,8-9,19H2,1-2H3. The normalized spacial score (nSPS) is 22.2. The Morgan fingerprint density at radius 3 is 2.52 bits per heavy atom. The summed E-state index contributed by atoms with van der Waals surface area (Å²) in [7, 11) is 0. The molecule has 0 spiro atoms. The molecule has 0 aliphatic carbocycles. The van der Waals surface area contributed by atoms with Crippen LogP contribution in [0, 0.1) is 6.92 Å². The van der Waals surface area contributed by atoms with Gasteiger partial charge in [0.15, 0.2) is 5.54 Å². The maximum atomic E-state index is 13.0. The van der Waals surface area contributed by atoms with Crippen molar-refractivity contribution in [3.8, 4) is 0 Å². The first kappa shape index (κ1) is 15.8. The Kier molecular flexibility index (Phi) is 4.02. The van der Waals surface area contributed by atoms with Crippen LogP contribution in [0.3, 0.4) is 0 Å². The van der Waals surface area contributed by atoms with E-state index >= 15 is 0 Å². The zero-order valence-electron chi connectivity index (χ0n) is 12.1. The number of likely N-dealkylation sites (tertiary alicyclic amines) is 1. The number of carbonyl (C=O) groups is 1. The van der Waals surface area contributed by atoms with Gasteiger partial charge in [0.1, 0.15) is 0 Å². The number of nitrogens with two attached hydrogens (primary N) is 1. The van der Waals surface area contributed by atoms with E-state index in [1.165, 1.54) is 4.90 Å². The van der Waals surface area contributed by atoms with Gasteiger partial charge in [-0.15, -0.1) is 0 Å². The number of amides is 1. The van der Waals surface area contributed by atoms with Gasteiger partial charge < -0.3 is 10.6 Å². The minimum Gasteiger partial charge on any atom is -0.334 e. The van der Waals surface area contributed by atoms with Gasteiger partial charge in [0.05, 0.1) is 6.04 Å². The maximum absolute atomic E-state index is 13.0. The van der Waals surface area contributed by atoms with Crippen molar-refractivity contribution < 1.29 is 18.0 Å². The largest absolute Gasteiger partial charge is 0.415 e. The van der Waals surface area contributed by atoms with Crippen LogP contribution in [0.15, 0.2) is 24.3 Å². The fourth-order valence-electron chi connectivity index (χ4n) is 2.71. The molecule has 0 aromatic heterocycles. The summed E-state index contributed by atoms with van der Waals surface area (Å²) in [6.07, 6.45) is -3.42. The van der Waals surface area contributed by atoms with Crippen LogP contribution in [0.1, 0.15) is 36.9 Å². The average Bonchev–Trinajstić information content (AvgIpc) is 2.85. The molecule has 1 aromatic carbocycles. The first-order valence-electron chi connectivity index (χ1n) is 6.88. The van der Waals surface area contributed by atoms with E-state index in [4.69, 9.17) is 5.73 Å². The average molecular weight is 300 g/mol. The Morgan fingerprint density at radius 2 is 1.95 bits per heavy atom. The van der Waals surface area contributed by atoms with Crippen molar-refractivity contribution >= 4 is 5.91 Å². The molecule has 1 heterocycles. The summed E-state index contributed by atoms with van der Waals surface area (Å²) >= 11 is 0. The highest BCUT2D eigenvalue weighted by atomic mass is 19.4. The predicted octanol–water partition coefficient (Wildman–Crippen LogP) is 2.94. The Hall–Kier alpha value is -1.56. The Labute approximate surface area is 121 Å². The molecular formula is C15H19F3N2O. The molecule has 1 aliphatic rings. The molecule has 2 atom stereocenters. The smallest absolute Gasteiger partial charge is 0.334 e. The molecule has 6 heteroatoms. The number of halogens is 3. The van der Waals surface area contributed by atoms with E-state index in [0.717, 1.165) is 18.1 Å². The minimum absolute atomic E-state index is 0.306. The van der Waals surface area contributed by atoms with Gasteiger partial charge in [0.2, 0.25) is 0 Å². The van der Waals surface area contributed by atoms with Crippen molar-refractivity contribution in [2.24, 2.45) is 5.73 Å². The number of hydrogen-bond acceptors (Lipinski definition) is 2. The number of rotatable bonds is 2. The summed E-state index contributed by atoms with van der Waals surface area (Å²) < 4.78 is 38.9. The van der Waals surface area contributed by atoms with Crippen LogP contribution in [0.4, 0.5) is 13.2 Å². The minimum atomic E-state index is -4.76. The van der Waals surface area contributed by atoms with Crippen LogP contribution in [0.5, 0.6) is 0 Å².